The molecule has 0 radical (unpaired) electrons. The molecule has 0 aliphatic carbocycles. The number of nitro groups is 1. The van der Waals surface area contributed by atoms with E-state index >= 15 is 0 Å². The highest BCUT2D eigenvalue weighted by molar-refractivity contribution is 7.84. The molecule has 5 nitrogen and oxygen atoms in total. The summed E-state index contributed by atoms with van der Waals surface area (Å²) < 4.78 is 10.9. The fraction of sp³-hybridized carbons (Fsp3) is 0.400. The molecule has 0 heterocycles. The van der Waals surface area contributed by atoms with E-state index in [4.69, 9.17) is 23.2 Å². The van der Waals surface area contributed by atoms with Crippen LogP contribution in [0.15, 0.2) is 12.1 Å². The zero-order chi connectivity index (χ0) is 13.7. The summed E-state index contributed by atoms with van der Waals surface area (Å²) in [6.45, 7) is 0.552. The summed E-state index contributed by atoms with van der Waals surface area (Å²) in [5.74, 6) is 0.579. The zero-order valence-corrected chi connectivity index (χ0v) is 11.9. The normalized spacial score (nSPS) is 12.2. The molecule has 0 aliphatic rings. The highest BCUT2D eigenvalue weighted by Crippen LogP contribution is 2.34. The van der Waals surface area contributed by atoms with Gasteiger partial charge in [0.05, 0.1) is 20.7 Å². The summed E-state index contributed by atoms with van der Waals surface area (Å²) in [4.78, 5) is 10.0. The van der Waals surface area contributed by atoms with Gasteiger partial charge in [0.15, 0.2) is 0 Å². The molecular weight excluding hydrogens is 299 g/mol. The number of non-ortho nitro benzene ring substituents is 1. The zero-order valence-electron chi connectivity index (χ0n) is 9.61. The van der Waals surface area contributed by atoms with E-state index in [1.54, 1.807) is 6.26 Å². The van der Waals surface area contributed by atoms with Crippen molar-refractivity contribution in [3.05, 3.63) is 32.3 Å². The molecule has 0 aliphatic heterocycles. The third kappa shape index (κ3) is 4.44. The van der Waals surface area contributed by atoms with Crippen molar-refractivity contribution in [2.24, 2.45) is 0 Å². The first-order valence-corrected chi connectivity index (χ1v) is 7.57. The van der Waals surface area contributed by atoms with E-state index in [9.17, 15) is 14.3 Å². The molecule has 0 saturated heterocycles. The number of hydrogen-bond donors (Lipinski definition) is 1. The van der Waals surface area contributed by atoms with Crippen LogP contribution in [0.4, 0.5) is 11.4 Å². The molecule has 0 bridgehead atoms. The number of nitrogens with zero attached hydrogens (tertiary/aromatic N) is 1. The van der Waals surface area contributed by atoms with Crippen molar-refractivity contribution in [1.29, 1.82) is 0 Å². The molecule has 0 unspecified atom stereocenters. The van der Waals surface area contributed by atoms with Crippen LogP contribution in [0, 0.1) is 10.1 Å². The van der Waals surface area contributed by atoms with Crippen LogP contribution < -0.4 is 5.32 Å². The van der Waals surface area contributed by atoms with Gasteiger partial charge in [-0.25, -0.2) is 0 Å². The number of nitro benzene ring substituents is 1. The Hall–Kier alpha value is -0.850. The maximum Gasteiger partial charge on any atom is 0.272 e. The van der Waals surface area contributed by atoms with Crippen LogP contribution in [-0.2, 0) is 10.8 Å². The summed E-state index contributed by atoms with van der Waals surface area (Å²) in [6.07, 6.45) is 2.33. The molecule has 1 aromatic rings. The van der Waals surface area contributed by atoms with Gasteiger partial charge in [0.1, 0.15) is 0 Å². The smallest absolute Gasteiger partial charge is 0.272 e. The minimum Gasteiger partial charge on any atom is -0.383 e. The van der Waals surface area contributed by atoms with Crippen molar-refractivity contribution in [2.45, 2.75) is 6.42 Å². The van der Waals surface area contributed by atoms with Crippen LogP contribution in [0.1, 0.15) is 6.42 Å². The number of halogens is 2. The second kappa shape index (κ2) is 6.92. The van der Waals surface area contributed by atoms with Gasteiger partial charge in [0.2, 0.25) is 0 Å². The molecule has 1 rings (SSSR count). The number of anilines is 1. The van der Waals surface area contributed by atoms with Gasteiger partial charge in [-0.15, -0.1) is 0 Å². The topological polar surface area (TPSA) is 72.2 Å². The number of rotatable bonds is 6. The molecule has 0 saturated carbocycles. The summed E-state index contributed by atoms with van der Waals surface area (Å²) in [5.41, 5.74) is 0.316. The maximum absolute atomic E-state index is 10.9. The quantitative estimate of drug-likeness (QED) is 0.498. The predicted octanol–water partition coefficient (Wildman–Crippen LogP) is 3.08. The van der Waals surface area contributed by atoms with E-state index in [1.165, 1.54) is 12.1 Å². The number of nitrogens with one attached hydrogen (secondary N) is 1. The van der Waals surface area contributed by atoms with Crippen molar-refractivity contribution in [1.82, 2.24) is 0 Å². The van der Waals surface area contributed by atoms with Crippen molar-refractivity contribution < 1.29 is 9.13 Å². The summed E-state index contributed by atoms with van der Waals surface area (Å²) in [6, 6.07) is 2.49. The number of benzene rings is 1. The summed E-state index contributed by atoms with van der Waals surface area (Å²) in [7, 11) is -0.839. The molecule has 100 valence electrons. The Kier molecular flexibility index (Phi) is 5.84. The summed E-state index contributed by atoms with van der Waals surface area (Å²) in [5, 5.41) is 14.0. The van der Waals surface area contributed by atoms with Gasteiger partial charge in [0.25, 0.3) is 5.69 Å². The van der Waals surface area contributed by atoms with Gasteiger partial charge in [-0.1, -0.05) is 23.2 Å². The third-order valence-electron chi connectivity index (χ3n) is 2.15. The van der Waals surface area contributed by atoms with Gasteiger partial charge in [0, 0.05) is 41.5 Å². The molecule has 1 atom stereocenters. The average molecular weight is 311 g/mol. The molecule has 0 spiro atoms. The monoisotopic (exact) mass is 310 g/mol. The lowest BCUT2D eigenvalue weighted by Gasteiger charge is -2.09. The third-order valence-corrected chi connectivity index (χ3v) is 3.61. The summed E-state index contributed by atoms with van der Waals surface area (Å²) >= 11 is 11.8. The largest absolute Gasteiger partial charge is 0.383 e. The van der Waals surface area contributed by atoms with Crippen LogP contribution in [0.25, 0.3) is 0 Å². The van der Waals surface area contributed by atoms with Gasteiger partial charge in [-0.05, 0) is 6.42 Å². The minimum atomic E-state index is -0.839. The van der Waals surface area contributed by atoms with Crippen molar-refractivity contribution in [3.8, 4) is 0 Å². The van der Waals surface area contributed by atoms with Crippen LogP contribution in [0.5, 0.6) is 0 Å². The first-order valence-electron chi connectivity index (χ1n) is 5.09. The molecule has 0 amide bonds. The van der Waals surface area contributed by atoms with Crippen LogP contribution >= 0.6 is 23.2 Å². The first-order chi connectivity index (χ1) is 8.41. The molecule has 1 N–H and O–H groups in total. The van der Waals surface area contributed by atoms with Crippen molar-refractivity contribution >= 4 is 45.4 Å². The van der Waals surface area contributed by atoms with E-state index in [2.05, 4.69) is 5.32 Å². The standard InChI is InChI=1S/C10H12Cl2N2O3S/c1-18(17)4-2-3-13-10-8(11)5-7(14(15)16)6-9(10)12/h5-6,13H,2-4H2,1H3/t18-/m1/s1. The average Bonchev–Trinajstić information content (AvgIpc) is 2.26. The predicted molar refractivity (Wildman–Crippen MR) is 75.2 cm³/mol. The molecular formula is C10H12Cl2N2O3S. The fourth-order valence-corrected chi connectivity index (χ4v) is 2.48. The second-order valence-electron chi connectivity index (χ2n) is 3.60. The Morgan fingerprint density at radius 2 is 1.94 bits per heavy atom. The molecule has 8 heteroatoms. The highest BCUT2D eigenvalue weighted by Gasteiger charge is 2.14. The lowest BCUT2D eigenvalue weighted by molar-refractivity contribution is -0.384. The van der Waals surface area contributed by atoms with E-state index in [-0.39, 0.29) is 15.7 Å². The lowest BCUT2D eigenvalue weighted by atomic mass is 10.2. The van der Waals surface area contributed by atoms with E-state index in [1.807, 2.05) is 0 Å². The SMILES string of the molecule is C[S@@](=O)CCCNc1c(Cl)cc([N+](=O)[O-])cc1Cl. The van der Waals surface area contributed by atoms with Gasteiger partial charge in [-0.3, -0.25) is 14.3 Å². The van der Waals surface area contributed by atoms with Gasteiger partial charge in [-0.2, -0.15) is 0 Å². The van der Waals surface area contributed by atoms with E-state index in [0.717, 1.165) is 0 Å². The van der Waals surface area contributed by atoms with Gasteiger partial charge >= 0.3 is 0 Å². The van der Waals surface area contributed by atoms with E-state index < -0.39 is 15.7 Å². The van der Waals surface area contributed by atoms with Crippen molar-refractivity contribution in [3.63, 3.8) is 0 Å². The van der Waals surface area contributed by atoms with Crippen LogP contribution in [-0.4, -0.2) is 27.7 Å². The first kappa shape index (κ1) is 15.2. The Morgan fingerprint density at radius 1 is 1.39 bits per heavy atom. The molecule has 1 aromatic carbocycles. The Morgan fingerprint density at radius 3 is 2.39 bits per heavy atom. The fourth-order valence-electron chi connectivity index (χ4n) is 1.32. The van der Waals surface area contributed by atoms with Crippen LogP contribution in [0.2, 0.25) is 10.0 Å². The van der Waals surface area contributed by atoms with Crippen molar-refractivity contribution in [2.75, 3.05) is 23.9 Å². The van der Waals surface area contributed by atoms with Gasteiger partial charge < -0.3 is 5.32 Å². The van der Waals surface area contributed by atoms with E-state index in [0.29, 0.717) is 24.4 Å². The molecule has 0 aromatic heterocycles. The van der Waals surface area contributed by atoms with Crippen LogP contribution in [0.3, 0.4) is 0 Å². The molecule has 18 heavy (non-hydrogen) atoms. The minimum absolute atomic E-state index is 0.148. The maximum atomic E-state index is 10.9. The Labute approximate surface area is 117 Å². The lowest BCUT2D eigenvalue weighted by Crippen LogP contribution is -2.07. The Balaban J connectivity index is 2.72. The highest BCUT2D eigenvalue weighted by atomic mass is 35.5. The molecule has 0 fully saturated rings. The number of hydrogen-bond acceptors (Lipinski definition) is 4. The Bertz CT molecular complexity index is 459. The second-order valence-corrected chi connectivity index (χ2v) is 5.97.